The zero-order chi connectivity index (χ0) is 18.0. The van der Waals surface area contributed by atoms with Gasteiger partial charge in [0.15, 0.2) is 5.50 Å². The Morgan fingerprint density at radius 3 is 2.72 bits per heavy atom. The Morgan fingerprint density at radius 1 is 1.20 bits per heavy atom. The summed E-state index contributed by atoms with van der Waals surface area (Å²) < 4.78 is 5.27. The third-order valence-corrected chi connectivity index (χ3v) is 5.20. The Hall–Kier alpha value is -2.11. The first-order chi connectivity index (χ1) is 12.0. The van der Waals surface area contributed by atoms with Crippen molar-refractivity contribution in [1.82, 2.24) is 5.32 Å². The van der Waals surface area contributed by atoms with Crippen LogP contribution >= 0.6 is 23.4 Å². The molecular formula is C19H19ClN2O2S. The van der Waals surface area contributed by atoms with Crippen molar-refractivity contribution in [3.05, 3.63) is 63.0 Å². The zero-order valence-corrected chi connectivity index (χ0v) is 15.8. The Morgan fingerprint density at radius 2 is 2.00 bits per heavy atom. The van der Waals surface area contributed by atoms with Crippen LogP contribution in [0.25, 0.3) is 6.08 Å². The standard InChI is InChI=1S/C19H19ClN2O2S/c1-11-4-6-14(20)10-15(11)21-19-22-18(23)17(25-19)9-13-5-7-16(24-3)12(2)8-13/h4-10,19,21H,1-3H3,(H,22,23)/b17-9-. The minimum Gasteiger partial charge on any atom is -0.496 e. The first-order valence-electron chi connectivity index (χ1n) is 7.83. The van der Waals surface area contributed by atoms with Gasteiger partial charge in [0.05, 0.1) is 12.0 Å². The lowest BCUT2D eigenvalue weighted by Gasteiger charge is -2.15. The van der Waals surface area contributed by atoms with E-state index in [-0.39, 0.29) is 11.4 Å². The van der Waals surface area contributed by atoms with Crippen molar-refractivity contribution in [1.29, 1.82) is 0 Å². The zero-order valence-electron chi connectivity index (χ0n) is 14.2. The molecule has 1 aliphatic rings. The average Bonchev–Trinajstić information content (AvgIpc) is 2.90. The molecule has 1 heterocycles. The summed E-state index contributed by atoms with van der Waals surface area (Å²) in [6.07, 6.45) is 1.89. The van der Waals surface area contributed by atoms with Crippen molar-refractivity contribution in [2.45, 2.75) is 19.3 Å². The lowest BCUT2D eigenvalue weighted by molar-refractivity contribution is -0.116. The van der Waals surface area contributed by atoms with Gasteiger partial charge >= 0.3 is 0 Å². The molecule has 2 aromatic carbocycles. The fourth-order valence-corrected chi connectivity index (χ4v) is 3.75. The average molecular weight is 375 g/mol. The summed E-state index contributed by atoms with van der Waals surface area (Å²) in [6.45, 7) is 3.98. The molecule has 0 saturated carbocycles. The minimum absolute atomic E-state index is 0.0874. The number of carbonyl (C=O) groups is 1. The molecule has 3 rings (SSSR count). The van der Waals surface area contributed by atoms with Crippen molar-refractivity contribution < 1.29 is 9.53 Å². The van der Waals surface area contributed by atoms with E-state index in [0.717, 1.165) is 28.1 Å². The monoisotopic (exact) mass is 374 g/mol. The van der Waals surface area contributed by atoms with Gasteiger partial charge in [0.25, 0.3) is 5.91 Å². The van der Waals surface area contributed by atoms with Crippen LogP contribution in [0.4, 0.5) is 5.69 Å². The predicted octanol–water partition coefficient (Wildman–Crippen LogP) is 4.57. The Balaban J connectivity index is 1.76. The van der Waals surface area contributed by atoms with Gasteiger partial charge in [0, 0.05) is 10.7 Å². The number of amides is 1. The molecule has 0 spiro atoms. The van der Waals surface area contributed by atoms with E-state index in [4.69, 9.17) is 16.3 Å². The quantitative estimate of drug-likeness (QED) is 0.770. The molecule has 0 aromatic heterocycles. The predicted molar refractivity (Wildman–Crippen MR) is 105 cm³/mol. The SMILES string of the molecule is COc1ccc(/C=C2\SC(Nc3cc(Cl)ccc3C)NC2=O)cc1C. The number of benzene rings is 2. The molecule has 1 saturated heterocycles. The van der Waals surface area contributed by atoms with Crippen LogP contribution < -0.4 is 15.4 Å². The number of methoxy groups -OCH3 is 1. The van der Waals surface area contributed by atoms with Gasteiger partial charge in [0.1, 0.15) is 5.75 Å². The van der Waals surface area contributed by atoms with Gasteiger partial charge in [-0.1, -0.05) is 35.5 Å². The van der Waals surface area contributed by atoms with E-state index < -0.39 is 0 Å². The van der Waals surface area contributed by atoms with E-state index in [9.17, 15) is 4.79 Å². The summed E-state index contributed by atoms with van der Waals surface area (Å²) in [6, 6.07) is 11.5. The first-order valence-corrected chi connectivity index (χ1v) is 9.08. The second-order valence-corrected chi connectivity index (χ2v) is 7.40. The van der Waals surface area contributed by atoms with Crippen molar-refractivity contribution in [2.75, 3.05) is 12.4 Å². The summed E-state index contributed by atoms with van der Waals surface area (Å²) in [5.41, 5.74) is 3.75. The number of hydrogen-bond acceptors (Lipinski definition) is 4. The molecule has 6 heteroatoms. The summed E-state index contributed by atoms with van der Waals surface area (Å²) in [7, 11) is 1.65. The van der Waals surface area contributed by atoms with Crippen LogP contribution in [0.1, 0.15) is 16.7 Å². The van der Waals surface area contributed by atoms with E-state index in [1.54, 1.807) is 7.11 Å². The van der Waals surface area contributed by atoms with E-state index in [2.05, 4.69) is 10.6 Å². The molecule has 4 nitrogen and oxygen atoms in total. The molecule has 1 fully saturated rings. The highest BCUT2D eigenvalue weighted by Gasteiger charge is 2.27. The number of halogens is 1. The highest BCUT2D eigenvalue weighted by atomic mass is 35.5. The molecule has 0 radical (unpaired) electrons. The summed E-state index contributed by atoms with van der Waals surface area (Å²) in [4.78, 5) is 12.9. The van der Waals surface area contributed by atoms with E-state index >= 15 is 0 Å². The summed E-state index contributed by atoms with van der Waals surface area (Å²) >= 11 is 7.50. The van der Waals surface area contributed by atoms with Gasteiger partial charge in [0.2, 0.25) is 0 Å². The van der Waals surface area contributed by atoms with Crippen LogP contribution in [0.15, 0.2) is 41.3 Å². The number of ether oxygens (including phenoxy) is 1. The highest BCUT2D eigenvalue weighted by Crippen LogP contribution is 2.32. The van der Waals surface area contributed by atoms with Crippen LogP contribution in [-0.2, 0) is 4.79 Å². The Bertz CT molecular complexity index is 851. The van der Waals surface area contributed by atoms with E-state index in [1.165, 1.54) is 11.8 Å². The van der Waals surface area contributed by atoms with Crippen LogP contribution in [0, 0.1) is 13.8 Å². The normalized spacial score (nSPS) is 18.3. The van der Waals surface area contributed by atoms with Crippen molar-refractivity contribution >= 4 is 41.0 Å². The number of anilines is 1. The molecule has 1 atom stereocenters. The smallest absolute Gasteiger partial charge is 0.260 e. The molecule has 0 bridgehead atoms. The maximum absolute atomic E-state index is 12.2. The van der Waals surface area contributed by atoms with Gasteiger partial charge in [-0.2, -0.15) is 0 Å². The Labute approximate surface area is 156 Å². The molecule has 2 N–H and O–H groups in total. The molecule has 1 aliphatic heterocycles. The fraction of sp³-hybridized carbons (Fsp3) is 0.211. The number of nitrogens with one attached hydrogen (secondary N) is 2. The van der Waals surface area contributed by atoms with Crippen LogP contribution in [-0.4, -0.2) is 18.5 Å². The van der Waals surface area contributed by atoms with Gasteiger partial charge in [-0.15, -0.1) is 0 Å². The van der Waals surface area contributed by atoms with Gasteiger partial charge in [-0.3, -0.25) is 4.79 Å². The Kier molecular flexibility index (Phi) is 5.25. The lowest BCUT2D eigenvalue weighted by Crippen LogP contribution is -2.31. The van der Waals surface area contributed by atoms with Gasteiger partial charge < -0.3 is 15.4 Å². The number of carbonyl (C=O) groups excluding carboxylic acids is 1. The van der Waals surface area contributed by atoms with E-state index in [1.807, 2.05) is 56.3 Å². The third kappa shape index (κ3) is 4.11. The maximum Gasteiger partial charge on any atom is 0.260 e. The topological polar surface area (TPSA) is 50.4 Å². The van der Waals surface area contributed by atoms with Crippen LogP contribution in [0.3, 0.4) is 0 Å². The van der Waals surface area contributed by atoms with Gasteiger partial charge in [-0.25, -0.2) is 0 Å². The molecule has 1 amide bonds. The van der Waals surface area contributed by atoms with Crippen LogP contribution in [0.2, 0.25) is 5.02 Å². The molecule has 25 heavy (non-hydrogen) atoms. The maximum atomic E-state index is 12.2. The van der Waals surface area contributed by atoms with E-state index in [0.29, 0.717) is 9.93 Å². The third-order valence-electron chi connectivity index (χ3n) is 3.93. The van der Waals surface area contributed by atoms with Gasteiger partial charge in [-0.05, 0) is 60.9 Å². The summed E-state index contributed by atoms with van der Waals surface area (Å²) in [5, 5.41) is 6.90. The van der Waals surface area contributed by atoms with Crippen molar-refractivity contribution in [3.8, 4) is 5.75 Å². The molecular weight excluding hydrogens is 356 g/mol. The van der Waals surface area contributed by atoms with Crippen molar-refractivity contribution in [3.63, 3.8) is 0 Å². The number of rotatable bonds is 4. The minimum atomic E-state index is -0.227. The number of thioether (sulfide) groups is 1. The number of aryl methyl sites for hydroxylation is 2. The van der Waals surface area contributed by atoms with Crippen molar-refractivity contribution in [2.24, 2.45) is 0 Å². The molecule has 2 aromatic rings. The van der Waals surface area contributed by atoms with Crippen LogP contribution in [0.5, 0.6) is 5.75 Å². The largest absolute Gasteiger partial charge is 0.496 e. The first kappa shape index (κ1) is 17.7. The lowest BCUT2D eigenvalue weighted by atomic mass is 10.1. The second kappa shape index (κ2) is 7.42. The second-order valence-electron chi connectivity index (χ2n) is 5.81. The molecule has 0 aliphatic carbocycles. The summed E-state index contributed by atoms with van der Waals surface area (Å²) in [5.74, 6) is 0.748. The number of hydrogen-bond donors (Lipinski definition) is 2. The fourth-order valence-electron chi connectivity index (χ4n) is 2.60. The molecule has 130 valence electrons. The molecule has 1 unspecified atom stereocenters. The highest BCUT2D eigenvalue weighted by molar-refractivity contribution is 8.05.